The topological polar surface area (TPSA) is 49.3 Å². The molecule has 0 aliphatic heterocycles. The molecule has 0 aliphatic carbocycles. The van der Waals surface area contributed by atoms with Gasteiger partial charge in [-0.1, -0.05) is 64.4 Å². The Balaban J connectivity index is 2.86. The molecular weight excluding hydrogens is 262 g/mol. The molecule has 1 aromatic rings. The molecule has 0 heterocycles. The highest BCUT2D eigenvalue weighted by Crippen LogP contribution is 2.27. The van der Waals surface area contributed by atoms with Gasteiger partial charge >= 0.3 is 0 Å². The van der Waals surface area contributed by atoms with E-state index in [9.17, 15) is 9.90 Å². The number of hydrogen-bond donors (Lipinski definition) is 2. The molecule has 0 aromatic heterocycles. The zero-order chi connectivity index (χ0) is 15.8. The minimum Gasteiger partial charge on any atom is -0.394 e. The summed E-state index contributed by atoms with van der Waals surface area (Å²) in [7, 11) is 0. The van der Waals surface area contributed by atoms with Gasteiger partial charge in [0, 0.05) is 0 Å². The highest BCUT2D eigenvalue weighted by atomic mass is 16.3. The fourth-order valence-electron chi connectivity index (χ4n) is 2.67. The minimum absolute atomic E-state index is 0.00800. The summed E-state index contributed by atoms with van der Waals surface area (Å²) >= 11 is 0. The number of nitrogens with one attached hydrogen (secondary N) is 1. The molecule has 0 radical (unpaired) electrons. The SMILES string of the molecule is CCC(C)C(C(=O)NC(CO)CC(C)C)c1ccccc1. The third kappa shape index (κ3) is 5.50. The molecule has 0 bridgehead atoms. The van der Waals surface area contributed by atoms with Crippen molar-refractivity contribution in [2.75, 3.05) is 6.61 Å². The van der Waals surface area contributed by atoms with Gasteiger partial charge in [0.1, 0.15) is 0 Å². The summed E-state index contributed by atoms with van der Waals surface area (Å²) in [5.41, 5.74) is 1.05. The van der Waals surface area contributed by atoms with Gasteiger partial charge in [-0.3, -0.25) is 4.79 Å². The molecule has 2 N–H and O–H groups in total. The van der Waals surface area contributed by atoms with Crippen molar-refractivity contribution in [2.45, 2.75) is 52.5 Å². The van der Waals surface area contributed by atoms with Crippen molar-refractivity contribution in [2.24, 2.45) is 11.8 Å². The second kappa shape index (κ2) is 8.83. The standard InChI is InChI=1S/C18H29NO2/c1-5-14(4)17(15-9-7-6-8-10-15)18(21)19-16(12-20)11-13(2)3/h6-10,13-14,16-17,20H,5,11-12H2,1-4H3,(H,19,21). The Bertz CT molecular complexity index is 416. The average molecular weight is 291 g/mol. The van der Waals surface area contributed by atoms with Crippen LogP contribution in [0.4, 0.5) is 0 Å². The van der Waals surface area contributed by atoms with E-state index in [4.69, 9.17) is 0 Å². The monoisotopic (exact) mass is 291 g/mol. The molecule has 3 unspecified atom stereocenters. The van der Waals surface area contributed by atoms with Gasteiger partial charge in [0.15, 0.2) is 0 Å². The van der Waals surface area contributed by atoms with Crippen molar-refractivity contribution in [3.8, 4) is 0 Å². The van der Waals surface area contributed by atoms with Crippen LogP contribution in [0.15, 0.2) is 30.3 Å². The quantitative estimate of drug-likeness (QED) is 0.772. The summed E-state index contributed by atoms with van der Waals surface area (Å²) in [6.45, 7) is 8.39. The molecular formula is C18H29NO2. The zero-order valence-electron chi connectivity index (χ0n) is 13.7. The highest BCUT2D eigenvalue weighted by Gasteiger charge is 2.27. The van der Waals surface area contributed by atoms with E-state index in [0.29, 0.717) is 5.92 Å². The Morgan fingerprint density at radius 1 is 1.19 bits per heavy atom. The number of carbonyl (C=O) groups excluding carboxylic acids is 1. The lowest BCUT2D eigenvalue weighted by Gasteiger charge is -2.26. The molecule has 1 aromatic carbocycles. The number of hydrogen-bond acceptors (Lipinski definition) is 2. The molecule has 3 nitrogen and oxygen atoms in total. The van der Waals surface area contributed by atoms with E-state index >= 15 is 0 Å². The summed E-state index contributed by atoms with van der Waals surface area (Å²) in [6.07, 6.45) is 1.74. The number of benzene rings is 1. The maximum atomic E-state index is 12.7. The van der Waals surface area contributed by atoms with Crippen molar-refractivity contribution in [1.29, 1.82) is 0 Å². The molecule has 118 valence electrons. The van der Waals surface area contributed by atoms with E-state index in [1.807, 2.05) is 30.3 Å². The second-order valence-corrected chi connectivity index (χ2v) is 6.29. The minimum atomic E-state index is -0.159. The molecule has 0 saturated carbocycles. The van der Waals surface area contributed by atoms with Crippen LogP contribution in [0.5, 0.6) is 0 Å². The van der Waals surface area contributed by atoms with Gasteiger partial charge < -0.3 is 10.4 Å². The smallest absolute Gasteiger partial charge is 0.228 e. The Hall–Kier alpha value is -1.35. The Labute approximate surface area is 128 Å². The van der Waals surface area contributed by atoms with Crippen LogP contribution in [0.2, 0.25) is 0 Å². The summed E-state index contributed by atoms with van der Waals surface area (Å²) < 4.78 is 0. The lowest BCUT2D eigenvalue weighted by Crippen LogP contribution is -2.42. The van der Waals surface area contributed by atoms with Gasteiger partial charge in [0.25, 0.3) is 0 Å². The van der Waals surface area contributed by atoms with Gasteiger partial charge in [-0.2, -0.15) is 0 Å². The first-order chi connectivity index (χ1) is 9.99. The summed E-state index contributed by atoms with van der Waals surface area (Å²) in [4.78, 5) is 12.7. The summed E-state index contributed by atoms with van der Waals surface area (Å²) in [5.74, 6) is 0.583. The molecule has 3 heteroatoms. The van der Waals surface area contributed by atoms with E-state index in [1.54, 1.807) is 0 Å². The van der Waals surface area contributed by atoms with Crippen LogP contribution in [-0.2, 0) is 4.79 Å². The molecule has 1 amide bonds. The largest absolute Gasteiger partial charge is 0.394 e. The first-order valence-corrected chi connectivity index (χ1v) is 7.95. The molecule has 0 saturated heterocycles. The summed E-state index contributed by atoms with van der Waals surface area (Å²) in [6, 6.07) is 9.75. The zero-order valence-corrected chi connectivity index (χ0v) is 13.7. The van der Waals surface area contributed by atoms with Crippen molar-refractivity contribution < 1.29 is 9.90 Å². The van der Waals surface area contributed by atoms with E-state index in [2.05, 4.69) is 33.0 Å². The van der Waals surface area contributed by atoms with Gasteiger partial charge in [-0.25, -0.2) is 0 Å². The van der Waals surface area contributed by atoms with Crippen LogP contribution in [0.25, 0.3) is 0 Å². The fraction of sp³-hybridized carbons (Fsp3) is 0.611. The maximum absolute atomic E-state index is 12.7. The number of aliphatic hydroxyl groups excluding tert-OH is 1. The molecule has 0 fully saturated rings. The lowest BCUT2D eigenvalue weighted by molar-refractivity contribution is -0.124. The van der Waals surface area contributed by atoms with Crippen molar-refractivity contribution in [3.05, 3.63) is 35.9 Å². The maximum Gasteiger partial charge on any atom is 0.228 e. The first kappa shape index (κ1) is 17.7. The average Bonchev–Trinajstić information content (AvgIpc) is 2.47. The van der Waals surface area contributed by atoms with Gasteiger partial charge in [-0.15, -0.1) is 0 Å². The molecule has 21 heavy (non-hydrogen) atoms. The Kier molecular flexibility index (Phi) is 7.44. The van der Waals surface area contributed by atoms with Crippen molar-refractivity contribution in [1.82, 2.24) is 5.32 Å². The van der Waals surface area contributed by atoms with Crippen LogP contribution in [0.1, 0.15) is 52.0 Å². The van der Waals surface area contributed by atoms with Crippen LogP contribution < -0.4 is 5.32 Å². The van der Waals surface area contributed by atoms with E-state index in [1.165, 1.54) is 0 Å². The second-order valence-electron chi connectivity index (χ2n) is 6.29. The van der Waals surface area contributed by atoms with Gasteiger partial charge in [-0.05, 0) is 23.8 Å². The van der Waals surface area contributed by atoms with Crippen molar-refractivity contribution >= 4 is 5.91 Å². The molecule has 3 atom stereocenters. The van der Waals surface area contributed by atoms with Gasteiger partial charge in [0.2, 0.25) is 5.91 Å². The third-order valence-electron chi connectivity index (χ3n) is 3.98. The first-order valence-electron chi connectivity index (χ1n) is 7.95. The number of amides is 1. The Morgan fingerprint density at radius 3 is 2.29 bits per heavy atom. The molecule has 1 rings (SSSR count). The predicted octanol–water partition coefficient (Wildman–Crippen LogP) is 3.34. The lowest BCUT2D eigenvalue weighted by atomic mass is 9.84. The van der Waals surface area contributed by atoms with Gasteiger partial charge in [0.05, 0.1) is 18.6 Å². The number of aliphatic hydroxyl groups is 1. The predicted molar refractivity (Wildman–Crippen MR) is 87.1 cm³/mol. The van der Waals surface area contributed by atoms with Crippen LogP contribution in [-0.4, -0.2) is 23.7 Å². The van der Waals surface area contributed by atoms with E-state index < -0.39 is 0 Å². The number of rotatable bonds is 8. The van der Waals surface area contributed by atoms with E-state index in [0.717, 1.165) is 18.4 Å². The molecule has 0 aliphatic rings. The normalized spacial score (nSPS) is 15.5. The highest BCUT2D eigenvalue weighted by molar-refractivity contribution is 5.84. The van der Waals surface area contributed by atoms with Crippen molar-refractivity contribution in [3.63, 3.8) is 0 Å². The summed E-state index contributed by atoms with van der Waals surface area (Å²) in [5, 5.41) is 12.5. The Morgan fingerprint density at radius 2 is 1.81 bits per heavy atom. The third-order valence-corrected chi connectivity index (χ3v) is 3.98. The fourth-order valence-corrected chi connectivity index (χ4v) is 2.67. The van der Waals surface area contributed by atoms with Crippen LogP contribution >= 0.6 is 0 Å². The molecule has 0 spiro atoms. The van der Waals surface area contributed by atoms with Crippen LogP contribution in [0, 0.1) is 11.8 Å². The van der Waals surface area contributed by atoms with E-state index in [-0.39, 0.29) is 30.4 Å². The van der Waals surface area contributed by atoms with Crippen LogP contribution in [0.3, 0.4) is 0 Å². The number of carbonyl (C=O) groups is 1.